The van der Waals surface area contributed by atoms with Crippen molar-refractivity contribution in [1.29, 1.82) is 0 Å². The fourth-order valence-corrected chi connectivity index (χ4v) is 5.35. The minimum absolute atomic E-state index is 0.0213. The Kier molecular flexibility index (Phi) is 4.17. The second kappa shape index (κ2) is 6.46. The molecule has 4 heteroatoms. The van der Waals surface area contributed by atoms with Gasteiger partial charge in [0, 0.05) is 25.0 Å². The van der Waals surface area contributed by atoms with Gasteiger partial charge >= 0.3 is 0 Å². The normalized spacial score (nSPS) is 30.1. The van der Waals surface area contributed by atoms with Gasteiger partial charge in [-0.25, -0.2) is 0 Å². The second-order valence-corrected chi connectivity index (χ2v) is 9.18. The first-order valence-electron chi connectivity index (χ1n) is 10.6. The van der Waals surface area contributed by atoms with E-state index in [9.17, 15) is 9.90 Å². The number of benzene rings is 1. The Balaban J connectivity index is 1.24. The molecule has 1 atom stereocenters. The minimum Gasteiger partial charge on any atom is -0.379 e. The maximum Gasteiger partial charge on any atom is 0.255 e. The summed E-state index contributed by atoms with van der Waals surface area (Å²) in [4.78, 5) is 17.2. The zero-order valence-electron chi connectivity index (χ0n) is 16.1. The molecular weight excluding hydrogens is 336 g/mol. The molecule has 1 spiro atoms. The third-order valence-corrected chi connectivity index (χ3v) is 7.19. The molecule has 2 aliphatic carbocycles. The van der Waals surface area contributed by atoms with Crippen LogP contribution in [0, 0.1) is 5.92 Å². The van der Waals surface area contributed by atoms with E-state index < -0.39 is 5.60 Å². The number of carbonyl (C=O) groups excluding carboxylic acids is 1. The third-order valence-electron chi connectivity index (χ3n) is 7.19. The molecular formula is C23H30N2O2. The lowest BCUT2D eigenvalue weighted by molar-refractivity contribution is -0.160. The number of hydrogen-bond acceptors (Lipinski definition) is 3. The predicted molar refractivity (Wildman–Crippen MR) is 106 cm³/mol. The summed E-state index contributed by atoms with van der Waals surface area (Å²) in [5, 5.41) is 11.2. The Morgan fingerprint density at radius 1 is 1.07 bits per heavy atom. The van der Waals surface area contributed by atoms with Crippen LogP contribution < -0.4 is 0 Å². The van der Waals surface area contributed by atoms with E-state index in [2.05, 4.69) is 41.3 Å². The van der Waals surface area contributed by atoms with E-state index >= 15 is 0 Å². The number of rotatable bonds is 4. The van der Waals surface area contributed by atoms with Crippen molar-refractivity contribution in [3.8, 4) is 0 Å². The van der Waals surface area contributed by atoms with E-state index in [1.165, 1.54) is 24.0 Å². The van der Waals surface area contributed by atoms with Gasteiger partial charge in [-0.15, -0.1) is 0 Å². The maximum atomic E-state index is 12.9. The van der Waals surface area contributed by atoms with Gasteiger partial charge in [-0.05, 0) is 68.7 Å². The summed E-state index contributed by atoms with van der Waals surface area (Å²) >= 11 is 0. The Morgan fingerprint density at radius 2 is 1.85 bits per heavy atom. The van der Waals surface area contributed by atoms with Crippen LogP contribution in [0.2, 0.25) is 0 Å². The quantitative estimate of drug-likeness (QED) is 0.891. The molecule has 2 heterocycles. The van der Waals surface area contributed by atoms with Crippen molar-refractivity contribution in [3.63, 3.8) is 0 Å². The maximum absolute atomic E-state index is 12.9. The van der Waals surface area contributed by atoms with Crippen molar-refractivity contribution in [2.24, 2.45) is 5.92 Å². The fourth-order valence-electron chi connectivity index (χ4n) is 5.35. The smallest absolute Gasteiger partial charge is 0.255 e. The minimum atomic E-state index is -1.18. The summed E-state index contributed by atoms with van der Waals surface area (Å²) in [5.74, 6) is 0.660. The van der Waals surface area contributed by atoms with Crippen LogP contribution in [-0.4, -0.2) is 59.1 Å². The lowest BCUT2D eigenvalue weighted by Crippen LogP contribution is -2.60. The molecule has 1 amide bonds. The van der Waals surface area contributed by atoms with E-state index in [0.717, 1.165) is 45.4 Å². The van der Waals surface area contributed by atoms with Crippen LogP contribution in [0.25, 0.3) is 6.08 Å². The highest BCUT2D eigenvalue weighted by Crippen LogP contribution is 2.44. The summed E-state index contributed by atoms with van der Waals surface area (Å²) < 4.78 is 0. The molecule has 0 aromatic heterocycles. The molecule has 1 N–H and O–H groups in total. The Morgan fingerprint density at radius 3 is 2.63 bits per heavy atom. The van der Waals surface area contributed by atoms with Crippen molar-refractivity contribution in [2.45, 2.75) is 49.5 Å². The average molecular weight is 367 g/mol. The molecule has 2 aliphatic heterocycles. The molecule has 5 rings (SSSR count). The van der Waals surface area contributed by atoms with E-state index in [0.29, 0.717) is 18.9 Å². The lowest BCUT2D eigenvalue weighted by atomic mass is 9.74. The van der Waals surface area contributed by atoms with E-state index in [1.54, 1.807) is 0 Å². The van der Waals surface area contributed by atoms with Gasteiger partial charge in [0.2, 0.25) is 0 Å². The molecule has 27 heavy (non-hydrogen) atoms. The van der Waals surface area contributed by atoms with E-state index in [4.69, 9.17) is 0 Å². The molecule has 144 valence electrons. The van der Waals surface area contributed by atoms with Crippen molar-refractivity contribution >= 4 is 12.0 Å². The van der Waals surface area contributed by atoms with Gasteiger partial charge in [0.1, 0.15) is 0 Å². The molecule has 0 bridgehead atoms. The molecule has 1 saturated carbocycles. The summed E-state index contributed by atoms with van der Waals surface area (Å²) in [6.45, 7) is 4.05. The van der Waals surface area contributed by atoms with Crippen molar-refractivity contribution in [2.75, 3.05) is 32.7 Å². The molecule has 4 nitrogen and oxygen atoms in total. The summed E-state index contributed by atoms with van der Waals surface area (Å²) in [7, 11) is 0. The van der Waals surface area contributed by atoms with Crippen LogP contribution in [0.5, 0.6) is 0 Å². The van der Waals surface area contributed by atoms with E-state index in [-0.39, 0.29) is 11.3 Å². The largest absolute Gasteiger partial charge is 0.379 e. The van der Waals surface area contributed by atoms with Gasteiger partial charge in [0.15, 0.2) is 5.60 Å². The molecule has 0 radical (unpaired) electrons. The summed E-state index contributed by atoms with van der Waals surface area (Å²) in [6.07, 6.45) is 10.8. The summed E-state index contributed by atoms with van der Waals surface area (Å²) in [6, 6.07) is 8.70. The lowest BCUT2D eigenvalue weighted by Gasteiger charge is -2.44. The van der Waals surface area contributed by atoms with Crippen LogP contribution in [0.15, 0.2) is 30.3 Å². The highest BCUT2D eigenvalue weighted by atomic mass is 16.3. The molecule has 4 aliphatic rings. The molecule has 1 aromatic rings. The number of hydrogen-bond donors (Lipinski definition) is 1. The SMILES string of the molecule is O=C1N(CC2CC2)CCCC1(O)CN1CCC2(C=Cc3ccccc32)CC1. The first-order valence-corrected chi connectivity index (χ1v) is 10.6. The first-order chi connectivity index (χ1) is 13.1. The Labute approximate surface area is 161 Å². The first kappa shape index (κ1) is 17.4. The number of likely N-dealkylation sites (tertiary alicyclic amines) is 2. The van der Waals surface area contributed by atoms with Crippen LogP contribution in [-0.2, 0) is 10.2 Å². The Bertz CT molecular complexity index is 761. The number of carbonyl (C=O) groups is 1. The molecule has 1 unspecified atom stereocenters. The zero-order valence-corrected chi connectivity index (χ0v) is 16.1. The number of allylic oxidation sites excluding steroid dienone is 1. The standard InChI is InChI=1S/C23H30N2O2/c26-21-23(27,9-3-13-25(21)16-18-6-7-18)17-24-14-11-22(12-15-24)10-8-19-4-1-2-5-20(19)22/h1-2,4-5,8,10,18,27H,3,6-7,9,11-17H2. The third kappa shape index (κ3) is 3.13. The number of piperidine rings is 2. The Hall–Kier alpha value is -1.65. The number of nitrogens with zero attached hydrogens (tertiary/aromatic N) is 2. The second-order valence-electron chi connectivity index (χ2n) is 9.18. The molecule has 1 aromatic carbocycles. The van der Waals surface area contributed by atoms with Crippen LogP contribution >= 0.6 is 0 Å². The van der Waals surface area contributed by atoms with Crippen molar-refractivity contribution in [3.05, 3.63) is 41.5 Å². The van der Waals surface area contributed by atoms with E-state index in [1.807, 2.05) is 4.90 Å². The fraction of sp³-hybridized carbons (Fsp3) is 0.609. The monoisotopic (exact) mass is 366 g/mol. The van der Waals surface area contributed by atoms with Crippen LogP contribution in [0.4, 0.5) is 0 Å². The van der Waals surface area contributed by atoms with Crippen LogP contribution in [0.3, 0.4) is 0 Å². The van der Waals surface area contributed by atoms with Crippen molar-refractivity contribution < 1.29 is 9.90 Å². The van der Waals surface area contributed by atoms with Gasteiger partial charge in [-0.2, -0.15) is 0 Å². The number of fused-ring (bicyclic) bond motifs is 2. The average Bonchev–Trinajstić information content (AvgIpc) is 3.43. The zero-order chi connectivity index (χ0) is 18.5. The van der Waals surface area contributed by atoms with Crippen LogP contribution in [0.1, 0.15) is 49.7 Å². The van der Waals surface area contributed by atoms with Crippen molar-refractivity contribution in [1.82, 2.24) is 9.80 Å². The number of amides is 1. The highest BCUT2D eigenvalue weighted by molar-refractivity contribution is 5.86. The topological polar surface area (TPSA) is 43.8 Å². The predicted octanol–water partition coefficient (Wildman–Crippen LogP) is 2.81. The number of aliphatic hydroxyl groups is 1. The van der Waals surface area contributed by atoms with Gasteiger partial charge < -0.3 is 10.0 Å². The van der Waals surface area contributed by atoms with Gasteiger partial charge in [-0.1, -0.05) is 36.4 Å². The van der Waals surface area contributed by atoms with Gasteiger partial charge in [0.05, 0.1) is 0 Å². The highest BCUT2D eigenvalue weighted by Gasteiger charge is 2.46. The van der Waals surface area contributed by atoms with Gasteiger partial charge in [-0.3, -0.25) is 9.69 Å². The molecule has 2 saturated heterocycles. The van der Waals surface area contributed by atoms with Gasteiger partial charge in [0.25, 0.3) is 5.91 Å². The summed E-state index contributed by atoms with van der Waals surface area (Å²) in [5.41, 5.74) is 1.78. The molecule has 3 fully saturated rings. The number of β-amino-alcohol motifs (C(OH)–C–C–N with tert-alkyl or cyclic N) is 1.